The van der Waals surface area contributed by atoms with Crippen molar-refractivity contribution in [2.24, 2.45) is 16.7 Å². The van der Waals surface area contributed by atoms with Gasteiger partial charge >= 0.3 is 0 Å². The predicted molar refractivity (Wildman–Crippen MR) is 67.5 cm³/mol. The second-order valence-electron chi connectivity index (χ2n) is 6.52. The summed E-state index contributed by atoms with van der Waals surface area (Å²) in [6.07, 6.45) is 8.73. The summed E-state index contributed by atoms with van der Waals surface area (Å²) < 4.78 is 0. The van der Waals surface area contributed by atoms with E-state index in [0.717, 1.165) is 11.3 Å². The van der Waals surface area contributed by atoms with Crippen LogP contribution in [0.4, 0.5) is 0 Å². The van der Waals surface area contributed by atoms with Crippen LogP contribution in [0.1, 0.15) is 45.4 Å². The Morgan fingerprint density at radius 3 is 2.50 bits per heavy atom. The van der Waals surface area contributed by atoms with Gasteiger partial charge in [0, 0.05) is 19.6 Å². The molecule has 92 valence electrons. The number of rotatable bonds is 6. The largest absolute Gasteiger partial charge is 0.316 e. The van der Waals surface area contributed by atoms with E-state index >= 15 is 0 Å². The van der Waals surface area contributed by atoms with Crippen LogP contribution in [0.5, 0.6) is 0 Å². The zero-order valence-electron chi connectivity index (χ0n) is 10.6. The molecule has 0 amide bonds. The lowest BCUT2D eigenvalue weighted by Gasteiger charge is -2.28. The van der Waals surface area contributed by atoms with Crippen molar-refractivity contribution in [2.75, 3.05) is 26.2 Å². The topological polar surface area (TPSA) is 24.1 Å². The molecule has 16 heavy (non-hydrogen) atoms. The maximum atomic E-state index is 3.80. The second-order valence-corrected chi connectivity index (χ2v) is 6.52. The summed E-state index contributed by atoms with van der Waals surface area (Å²) in [6.45, 7) is 7.35. The van der Waals surface area contributed by atoms with Gasteiger partial charge in [0.25, 0.3) is 0 Å². The molecule has 3 fully saturated rings. The van der Waals surface area contributed by atoms with Gasteiger partial charge in [0.2, 0.25) is 0 Å². The molecule has 0 bridgehead atoms. The quantitative estimate of drug-likeness (QED) is 0.719. The SMILES string of the molecule is CCC1(CNCC2(C3CC3)CC2)CCNC1. The lowest BCUT2D eigenvalue weighted by Crippen LogP contribution is -2.38. The van der Waals surface area contributed by atoms with Gasteiger partial charge in [0.05, 0.1) is 0 Å². The van der Waals surface area contributed by atoms with Gasteiger partial charge in [0.15, 0.2) is 0 Å². The van der Waals surface area contributed by atoms with Crippen LogP contribution in [0, 0.1) is 16.7 Å². The van der Waals surface area contributed by atoms with Gasteiger partial charge in [-0.15, -0.1) is 0 Å². The molecule has 2 saturated carbocycles. The minimum absolute atomic E-state index is 0.569. The van der Waals surface area contributed by atoms with Crippen molar-refractivity contribution in [3.8, 4) is 0 Å². The Balaban J connectivity index is 1.45. The highest BCUT2D eigenvalue weighted by Gasteiger charge is 2.53. The Morgan fingerprint density at radius 1 is 1.19 bits per heavy atom. The van der Waals surface area contributed by atoms with E-state index in [1.165, 1.54) is 64.7 Å². The average Bonchev–Trinajstić information content (AvgIpc) is 3.18. The fraction of sp³-hybridized carbons (Fsp3) is 1.00. The van der Waals surface area contributed by atoms with E-state index in [4.69, 9.17) is 0 Å². The van der Waals surface area contributed by atoms with Gasteiger partial charge in [-0.3, -0.25) is 0 Å². The predicted octanol–water partition coefficient (Wildman–Crippen LogP) is 2.16. The third kappa shape index (κ3) is 2.02. The highest BCUT2D eigenvalue weighted by Crippen LogP contribution is 2.60. The Morgan fingerprint density at radius 2 is 2.00 bits per heavy atom. The first kappa shape index (κ1) is 11.0. The maximum Gasteiger partial charge on any atom is 0.00206 e. The van der Waals surface area contributed by atoms with Gasteiger partial charge in [-0.25, -0.2) is 0 Å². The second kappa shape index (κ2) is 3.99. The molecular weight excluding hydrogens is 196 g/mol. The molecule has 0 aromatic rings. The molecule has 0 aromatic carbocycles. The molecule has 2 N–H and O–H groups in total. The molecule has 2 nitrogen and oxygen atoms in total. The lowest BCUT2D eigenvalue weighted by molar-refractivity contribution is 0.274. The average molecular weight is 222 g/mol. The fourth-order valence-electron chi connectivity index (χ4n) is 3.54. The summed E-state index contributed by atoms with van der Waals surface area (Å²) in [6, 6.07) is 0. The molecule has 0 aromatic heterocycles. The van der Waals surface area contributed by atoms with Crippen molar-refractivity contribution in [3.05, 3.63) is 0 Å². The first-order chi connectivity index (χ1) is 7.79. The van der Waals surface area contributed by atoms with E-state index in [0.29, 0.717) is 5.41 Å². The Kier molecular flexibility index (Phi) is 2.75. The van der Waals surface area contributed by atoms with Crippen molar-refractivity contribution >= 4 is 0 Å². The van der Waals surface area contributed by atoms with Crippen molar-refractivity contribution < 1.29 is 0 Å². The number of hydrogen-bond acceptors (Lipinski definition) is 2. The molecule has 3 aliphatic rings. The Labute approximate surface area is 99.6 Å². The van der Waals surface area contributed by atoms with Crippen LogP contribution in [-0.2, 0) is 0 Å². The van der Waals surface area contributed by atoms with Crippen LogP contribution in [-0.4, -0.2) is 26.2 Å². The van der Waals surface area contributed by atoms with Crippen LogP contribution in [0.25, 0.3) is 0 Å². The van der Waals surface area contributed by atoms with Gasteiger partial charge in [0.1, 0.15) is 0 Å². The molecule has 0 radical (unpaired) electrons. The number of hydrogen-bond donors (Lipinski definition) is 2. The van der Waals surface area contributed by atoms with Crippen molar-refractivity contribution in [1.82, 2.24) is 10.6 Å². The normalized spacial score (nSPS) is 36.6. The maximum absolute atomic E-state index is 3.80. The van der Waals surface area contributed by atoms with E-state index in [1.807, 2.05) is 0 Å². The minimum atomic E-state index is 0.569. The highest BCUT2D eigenvalue weighted by atomic mass is 15.0. The third-order valence-corrected chi connectivity index (χ3v) is 5.39. The zero-order valence-corrected chi connectivity index (χ0v) is 10.6. The first-order valence-electron chi connectivity index (χ1n) is 7.20. The summed E-state index contributed by atoms with van der Waals surface area (Å²) in [7, 11) is 0. The minimum Gasteiger partial charge on any atom is -0.316 e. The monoisotopic (exact) mass is 222 g/mol. The fourth-order valence-corrected chi connectivity index (χ4v) is 3.54. The van der Waals surface area contributed by atoms with Crippen LogP contribution in [0.3, 0.4) is 0 Å². The van der Waals surface area contributed by atoms with Crippen molar-refractivity contribution in [3.63, 3.8) is 0 Å². The first-order valence-corrected chi connectivity index (χ1v) is 7.20. The van der Waals surface area contributed by atoms with Gasteiger partial charge < -0.3 is 10.6 Å². The lowest BCUT2D eigenvalue weighted by atomic mass is 9.84. The summed E-state index contributed by atoms with van der Waals surface area (Å²) in [5.41, 5.74) is 1.33. The Bertz CT molecular complexity index is 247. The molecule has 2 heteroatoms. The van der Waals surface area contributed by atoms with E-state index in [-0.39, 0.29) is 0 Å². The van der Waals surface area contributed by atoms with Crippen LogP contribution >= 0.6 is 0 Å². The van der Waals surface area contributed by atoms with Gasteiger partial charge in [-0.1, -0.05) is 6.92 Å². The molecule has 2 aliphatic carbocycles. The van der Waals surface area contributed by atoms with Crippen molar-refractivity contribution in [1.29, 1.82) is 0 Å². The van der Waals surface area contributed by atoms with E-state index in [9.17, 15) is 0 Å². The molecule has 1 unspecified atom stereocenters. The molecule has 1 heterocycles. The highest BCUT2D eigenvalue weighted by molar-refractivity contribution is 5.05. The van der Waals surface area contributed by atoms with Crippen LogP contribution < -0.4 is 10.6 Å². The van der Waals surface area contributed by atoms with E-state index in [2.05, 4.69) is 17.6 Å². The standard InChI is InChI=1S/C14H26N2/c1-2-13(7-8-15-9-13)10-16-11-14(5-6-14)12-3-4-12/h12,15-16H,2-11H2,1H3. The van der Waals surface area contributed by atoms with Gasteiger partial charge in [-0.2, -0.15) is 0 Å². The number of nitrogens with one attached hydrogen (secondary N) is 2. The summed E-state index contributed by atoms with van der Waals surface area (Å²) >= 11 is 0. The molecule has 1 aliphatic heterocycles. The van der Waals surface area contributed by atoms with E-state index in [1.54, 1.807) is 0 Å². The van der Waals surface area contributed by atoms with Crippen LogP contribution in [0.2, 0.25) is 0 Å². The molecule has 1 atom stereocenters. The molecule has 1 saturated heterocycles. The smallest absolute Gasteiger partial charge is 0.00206 e. The molecule has 0 spiro atoms. The zero-order chi connectivity index (χ0) is 11.1. The summed E-state index contributed by atoms with van der Waals surface area (Å²) in [5.74, 6) is 1.10. The molecular formula is C14H26N2. The summed E-state index contributed by atoms with van der Waals surface area (Å²) in [4.78, 5) is 0. The third-order valence-electron chi connectivity index (χ3n) is 5.39. The van der Waals surface area contributed by atoms with Gasteiger partial charge in [-0.05, 0) is 61.8 Å². The van der Waals surface area contributed by atoms with Crippen molar-refractivity contribution in [2.45, 2.75) is 45.4 Å². The van der Waals surface area contributed by atoms with E-state index < -0.39 is 0 Å². The Hall–Kier alpha value is -0.0800. The van der Waals surface area contributed by atoms with Crippen LogP contribution in [0.15, 0.2) is 0 Å². The summed E-state index contributed by atoms with van der Waals surface area (Å²) in [5, 5.41) is 7.33. The molecule has 3 rings (SSSR count).